The predicted octanol–water partition coefficient (Wildman–Crippen LogP) is 6.21. The number of halogens is 1. The zero-order valence-electron chi connectivity index (χ0n) is 14.0. The van der Waals surface area contributed by atoms with E-state index in [0.29, 0.717) is 5.92 Å². The fourth-order valence-corrected chi connectivity index (χ4v) is 4.39. The molecule has 1 fully saturated rings. The van der Waals surface area contributed by atoms with Gasteiger partial charge in [0.25, 0.3) is 0 Å². The van der Waals surface area contributed by atoms with Crippen molar-refractivity contribution in [2.75, 3.05) is 0 Å². The summed E-state index contributed by atoms with van der Waals surface area (Å²) in [5.41, 5.74) is 5.85. The Morgan fingerprint density at radius 1 is 1.04 bits per heavy atom. The lowest BCUT2D eigenvalue weighted by Gasteiger charge is -2.21. The molecule has 0 bridgehead atoms. The molecule has 3 nitrogen and oxygen atoms in total. The van der Waals surface area contributed by atoms with Gasteiger partial charge in [0.1, 0.15) is 6.33 Å². The molecule has 2 heterocycles. The summed E-state index contributed by atoms with van der Waals surface area (Å²) in [6.45, 7) is 0. The van der Waals surface area contributed by atoms with Crippen molar-refractivity contribution in [3.05, 3.63) is 59.5 Å². The highest BCUT2D eigenvalue weighted by atomic mass is 35.5. The number of aromatic nitrogens is 3. The number of H-pyrrole nitrogens is 1. The normalized spacial score (nSPS) is 16.0. The van der Waals surface area contributed by atoms with E-state index in [1.165, 1.54) is 48.6 Å². The zero-order chi connectivity index (χ0) is 16.8. The molecule has 1 aliphatic carbocycles. The van der Waals surface area contributed by atoms with Crippen LogP contribution in [0, 0.1) is 0 Å². The summed E-state index contributed by atoms with van der Waals surface area (Å²) in [4.78, 5) is 7.97. The molecule has 1 N–H and O–H groups in total. The maximum absolute atomic E-state index is 6.09. The van der Waals surface area contributed by atoms with Gasteiger partial charge in [0.2, 0.25) is 0 Å². The second kappa shape index (κ2) is 5.92. The molecule has 126 valence electrons. The topological polar surface area (TPSA) is 33.6 Å². The fourth-order valence-electron chi connectivity index (χ4n) is 4.22. The summed E-state index contributed by atoms with van der Waals surface area (Å²) < 4.78 is 2.14. The van der Waals surface area contributed by atoms with Crippen molar-refractivity contribution in [3.8, 4) is 5.69 Å². The molecule has 4 aromatic rings. The van der Waals surface area contributed by atoms with Gasteiger partial charge in [-0.25, -0.2) is 4.98 Å². The first-order valence-electron chi connectivity index (χ1n) is 9.03. The lowest BCUT2D eigenvalue weighted by atomic mass is 9.84. The van der Waals surface area contributed by atoms with Gasteiger partial charge in [0, 0.05) is 27.8 Å². The van der Waals surface area contributed by atoms with Gasteiger partial charge in [-0.1, -0.05) is 30.9 Å². The Labute approximate surface area is 151 Å². The molecule has 2 aromatic heterocycles. The Kier molecular flexibility index (Phi) is 3.56. The molecule has 0 unspecified atom stereocenters. The number of benzene rings is 2. The number of nitrogens with one attached hydrogen (secondary N) is 1. The second-order valence-corrected chi connectivity index (χ2v) is 7.49. The van der Waals surface area contributed by atoms with Gasteiger partial charge in [0.15, 0.2) is 0 Å². The van der Waals surface area contributed by atoms with E-state index in [-0.39, 0.29) is 0 Å². The zero-order valence-corrected chi connectivity index (χ0v) is 14.8. The number of aromatic amines is 1. The van der Waals surface area contributed by atoms with Gasteiger partial charge in [0.05, 0.1) is 11.0 Å². The van der Waals surface area contributed by atoms with Crippen molar-refractivity contribution in [1.82, 2.24) is 14.5 Å². The molecular weight excluding hydrogens is 330 g/mol. The molecule has 1 aliphatic rings. The van der Waals surface area contributed by atoms with Crippen LogP contribution in [0.1, 0.15) is 43.6 Å². The standard InChI is InChI=1S/C21H20ClN3/c22-15-6-9-21-20(10-15)24-13-25(21)16-7-8-19-17(11-16)18(12-23-19)14-4-2-1-3-5-14/h6-14,23H,1-5H2. The maximum atomic E-state index is 6.09. The van der Waals surface area contributed by atoms with Crippen molar-refractivity contribution >= 4 is 33.5 Å². The summed E-state index contributed by atoms with van der Waals surface area (Å²) in [6.07, 6.45) is 10.8. The van der Waals surface area contributed by atoms with Crippen LogP contribution in [0.15, 0.2) is 48.9 Å². The molecule has 0 spiro atoms. The quantitative estimate of drug-likeness (QED) is 0.458. The van der Waals surface area contributed by atoms with Gasteiger partial charge in [-0.05, 0) is 60.7 Å². The Morgan fingerprint density at radius 3 is 2.80 bits per heavy atom. The van der Waals surface area contributed by atoms with Crippen molar-refractivity contribution in [3.63, 3.8) is 0 Å². The van der Waals surface area contributed by atoms with Gasteiger partial charge in [-0.3, -0.25) is 4.57 Å². The molecule has 1 saturated carbocycles. The highest BCUT2D eigenvalue weighted by Crippen LogP contribution is 2.37. The van der Waals surface area contributed by atoms with Crippen LogP contribution < -0.4 is 0 Å². The van der Waals surface area contributed by atoms with Crippen LogP contribution in [0.4, 0.5) is 0 Å². The summed E-state index contributed by atoms with van der Waals surface area (Å²) in [7, 11) is 0. The molecular formula is C21H20ClN3. The van der Waals surface area contributed by atoms with E-state index in [9.17, 15) is 0 Å². The minimum Gasteiger partial charge on any atom is -0.361 e. The molecule has 4 heteroatoms. The minimum atomic E-state index is 0.691. The highest BCUT2D eigenvalue weighted by molar-refractivity contribution is 6.31. The third-order valence-corrected chi connectivity index (χ3v) is 5.76. The molecule has 25 heavy (non-hydrogen) atoms. The Bertz CT molecular complexity index is 1050. The van der Waals surface area contributed by atoms with Crippen molar-refractivity contribution in [1.29, 1.82) is 0 Å². The molecule has 0 saturated heterocycles. The van der Waals surface area contributed by atoms with Gasteiger partial charge >= 0.3 is 0 Å². The smallest absolute Gasteiger partial charge is 0.100 e. The first-order valence-corrected chi connectivity index (χ1v) is 9.41. The Morgan fingerprint density at radius 2 is 1.92 bits per heavy atom. The van der Waals surface area contributed by atoms with Crippen LogP contribution >= 0.6 is 11.6 Å². The molecule has 2 aromatic carbocycles. The number of nitrogens with zero attached hydrogens (tertiary/aromatic N) is 2. The molecule has 0 atom stereocenters. The van der Waals surface area contributed by atoms with Crippen LogP contribution in [-0.2, 0) is 0 Å². The van der Waals surface area contributed by atoms with Crippen LogP contribution in [0.5, 0.6) is 0 Å². The average Bonchev–Trinajstić information content (AvgIpc) is 3.25. The monoisotopic (exact) mass is 349 g/mol. The number of imidazole rings is 1. The van der Waals surface area contributed by atoms with Crippen LogP contribution in [0.25, 0.3) is 27.6 Å². The van der Waals surface area contributed by atoms with Crippen molar-refractivity contribution < 1.29 is 0 Å². The summed E-state index contributed by atoms with van der Waals surface area (Å²) in [5.74, 6) is 0.691. The summed E-state index contributed by atoms with van der Waals surface area (Å²) in [5, 5.41) is 2.07. The van der Waals surface area contributed by atoms with Crippen LogP contribution in [0.2, 0.25) is 5.02 Å². The van der Waals surface area contributed by atoms with E-state index in [0.717, 1.165) is 21.7 Å². The maximum Gasteiger partial charge on any atom is 0.100 e. The predicted molar refractivity (Wildman–Crippen MR) is 104 cm³/mol. The summed E-state index contributed by atoms with van der Waals surface area (Å²) >= 11 is 6.09. The molecule has 0 aliphatic heterocycles. The van der Waals surface area contributed by atoms with E-state index in [1.807, 2.05) is 24.5 Å². The molecule has 0 radical (unpaired) electrons. The van der Waals surface area contributed by atoms with E-state index >= 15 is 0 Å². The lowest BCUT2D eigenvalue weighted by Crippen LogP contribution is -2.03. The van der Waals surface area contributed by atoms with Gasteiger partial charge < -0.3 is 4.98 Å². The van der Waals surface area contributed by atoms with Crippen molar-refractivity contribution in [2.45, 2.75) is 38.0 Å². The number of hydrogen-bond donors (Lipinski definition) is 1. The SMILES string of the molecule is Clc1ccc2c(c1)ncn2-c1ccc2[nH]cc(C3CCCCC3)c2c1. The third kappa shape index (κ3) is 2.54. The first-order chi connectivity index (χ1) is 12.3. The highest BCUT2D eigenvalue weighted by Gasteiger charge is 2.19. The van der Waals surface area contributed by atoms with E-state index < -0.39 is 0 Å². The number of fused-ring (bicyclic) bond motifs is 2. The fraction of sp³-hybridized carbons (Fsp3) is 0.286. The minimum absolute atomic E-state index is 0.691. The third-order valence-electron chi connectivity index (χ3n) is 5.53. The molecule has 0 amide bonds. The largest absolute Gasteiger partial charge is 0.361 e. The lowest BCUT2D eigenvalue weighted by molar-refractivity contribution is 0.445. The Hall–Kier alpha value is -2.26. The molecule has 5 rings (SSSR count). The number of rotatable bonds is 2. The van der Waals surface area contributed by atoms with Gasteiger partial charge in [-0.2, -0.15) is 0 Å². The van der Waals surface area contributed by atoms with E-state index in [4.69, 9.17) is 11.6 Å². The average molecular weight is 350 g/mol. The van der Waals surface area contributed by atoms with Crippen LogP contribution in [-0.4, -0.2) is 14.5 Å². The number of hydrogen-bond acceptors (Lipinski definition) is 1. The summed E-state index contributed by atoms with van der Waals surface area (Å²) in [6, 6.07) is 12.5. The van der Waals surface area contributed by atoms with E-state index in [1.54, 1.807) is 0 Å². The van der Waals surface area contributed by atoms with Gasteiger partial charge in [-0.15, -0.1) is 0 Å². The first kappa shape index (κ1) is 15.0. The second-order valence-electron chi connectivity index (χ2n) is 7.06. The van der Waals surface area contributed by atoms with Crippen LogP contribution in [0.3, 0.4) is 0 Å². The van der Waals surface area contributed by atoms with E-state index in [2.05, 4.69) is 38.9 Å². The Balaban J connectivity index is 1.63. The van der Waals surface area contributed by atoms with Crippen molar-refractivity contribution in [2.24, 2.45) is 0 Å².